The Balaban J connectivity index is 1.69. The Labute approximate surface area is 152 Å². The summed E-state index contributed by atoms with van der Waals surface area (Å²) in [5, 5.41) is 5.85. The number of benzene rings is 1. The maximum atomic E-state index is 12.4. The van der Waals surface area contributed by atoms with Crippen LogP contribution in [0.15, 0.2) is 73.1 Å². The summed E-state index contributed by atoms with van der Waals surface area (Å²) in [6, 6.07) is 18.4. The smallest absolute Gasteiger partial charge is 0.315 e. The van der Waals surface area contributed by atoms with Gasteiger partial charge in [-0.1, -0.05) is 36.4 Å². The van der Waals surface area contributed by atoms with Crippen LogP contribution in [0.4, 0.5) is 4.79 Å². The summed E-state index contributed by atoms with van der Waals surface area (Å²) < 4.78 is 5.09. The second-order valence-corrected chi connectivity index (χ2v) is 5.63. The van der Waals surface area contributed by atoms with E-state index in [2.05, 4.69) is 20.6 Å². The van der Waals surface area contributed by atoms with E-state index in [9.17, 15) is 4.79 Å². The zero-order chi connectivity index (χ0) is 18.2. The molecule has 0 aliphatic carbocycles. The fourth-order valence-electron chi connectivity index (χ4n) is 2.56. The lowest BCUT2D eigenvalue weighted by atomic mass is 10.0. The third kappa shape index (κ3) is 4.57. The monoisotopic (exact) mass is 348 g/mol. The molecule has 2 amide bonds. The molecule has 0 saturated heterocycles. The van der Waals surface area contributed by atoms with Crippen molar-refractivity contribution in [1.82, 2.24) is 20.6 Å². The Bertz CT molecular complexity index is 801. The Morgan fingerprint density at radius 2 is 1.85 bits per heavy atom. The normalized spacial score (nSPS) is 11.4. The highest BCUT2D eigenvalue weighted by atomic mass is 16.5. The van der Waals surface area contributed by atoms with E-state index in [1.165, 1.54) is 0 Å². The lowest BCUT2D eigenvalue weighted by Crippen LogP contribution is -2.38. The number of rotatable bonds is 6. The van der Waals surface area contributed by atoms with E-state index in [1.807, 2.05) is 54.6 Å². The third-order valence-corrected chi connectivity index (χ3v) is 3.85. The average Bonchev–Trinajstić information content (AvgIpc) is 2.72. The Kier molecular flexibility index (Phi) is 5.77. The fourth-order valence-corrected chi connectivity index (χ4v) is 2.56. The van der Waals surface area contributed by atoms with Crippen LogP contribution in [0.5, 0.6) is 5.88 Å². The molecule has 2 aromatic heterocycles. The van der Waals surface area contributed by atoms with E-state index in [0.29, 0.717) is 12.4 Å². The van der Waals surface area contributed by atoms with Gasteiger partial charge in [-0.05, 0) is 29.3 Å². The number of nitrogens with one attached hydrogen (secondary N) is 2. The van der Waals surface area contributed by atoms with Gasteiger partial charge in [-0.2, -0.15) is 0 Å². The first-order valence-electron chi connectivity index (χ1n) is 8.25. The standard InChI is InChI=1S/C20H20N4O2/c1-26-18-13-15(10-12-22-18)14-23-20(25)24-19(16-7-3-2-4-8-16)17-9-5-6-11-21-17/h2-13,19H,14H2,1H3,(H2,23,24,25). The second kappa shape index (κ2) is 8.62. The van der Waals surface area contributed by atoms with Gasteiger partial charge in [0.1, 0.15) is 0 Å². The predicted octanol–water partition coefficient (Wildman–Crippen LogP) is 3.07. The first-order valence-corrected chi connectivity index (χ1v) is 8.25. The van der Waals surface area contributed by atoms with E-state index < -0.39 is 0 Å². The van der Waals surface area contributed by atoms with E-state index in [0.717, 1.165) is 16.8 Å². The van der Waals surface area contributed by atoms with Crippen molar-refractivity contribution < 1.29 is 9.53 Å². The van der Waals surface area contributed by atoms with Crippen molar-refractivity contribution in [2.24, 2.45) is 0 Å². The van der Waals surface area contributed by atoms with Crippen molar-refractivity contribution in [2.45, 2.75) is 12.6 Å². The zero-order valence-corrected chi connectivity index (χ0v) is 14.4. The van der Waals surface area contributed by atoms with Crippen molar-refractivity contribution in [3.63, 3.8) is 0 Å². The molecule has 1 atom stereocenters. The number of amides is 2. The Hall–Kier alpha value is -3.41. The molecule has 2 N–H and O–H groups in total. The number of hydrogen-bond acceptors (Lipinski definition) is 4. The number of carbonyl (C=O) groups is 1. The lowest BCUT2D eigenvalue weighted by molar-refractivity contribution is 0.238. The van der Waals surface area contributed by atoms with Crippen LogP contribution in [-0.2, 0) is 6.54 Å². The van der Waals surface area contributed by atoms with Crippen LogP contribution < -0.4 is 15.4 Å². The van der Waals surface area contributed by atoms with Gasteiger partial charge < -0.3 is 15.4 Å². The number of aromatic nitrogens is 2. The summed E-state index contributed by atoms with van der Waals surface area (Å²) in [4.78, 5) is 20.9. The molecule has 2 heterocycles. The molecule has 1 unspecified atom stereocenters. The number of methoxy groups -OCH3 is 1. The van der Waals surface area contributed by atoms with Crippen LogP contribution in [-0.4, -0.2) is 23.1 Å². The summed E-state index contributed by atoms with van der Waals surface area (Å²) in [6.45, 7) is 0.369. The van der Waals surface area contributed by atoms with Gasteiger partial charge in [0.15, 0.2) is 0 Å². The number of ether oxygens (including phenoxy) is 1. The average molecular weight is 348 g/mol. The first kappa shape index (κ1) is 17.4. The highest BCUT2D eigenvalue weighted by Gasteiger charge is 2.17. The molecule has 0 aliphatic heterocycles. The van der Waals surface area contributed by atoms with Crippen molar-refractivity contribution in [2.75, 3.05) is 7.11 Å². The van der Waals surface area contributed by atoms with Crippen LogP contribution in [0.2, 0.25) is 0 Å². The molecule has 132 valence electrons. The van der Waals surface area contributed by atoms with Gasteiger partial charge in [-0.3, -0.25) is 4.98 Å². The minimum atomic E-state index is -0.329. The van der Waals surface area contributed by atoms with Crippen molar-refractivity contribution in [3.05, 3.63) is 89.9 Å². The summed E-state index contributed by atoms with van der Waals surface area (Å²) >= 11 is 0. The number of nitrogens with zero attached hydrogens (tertiary/aromatic N) is 2. The largest absolute Gasteiger partial charge is 0.481 e. The molecule has 26 heavy (non-hydrogen) atoms. The van der Waals surface area contributed by atoms with Gasteiger partial charge >= 0.3 is 6.03 Å². The van der Waals surface area contributed by atoms with Gasteiger partial charge in [-0.25, -0.2) is 9.78 Å². The van der Waals surface area contributed by atoms with Gasteiger partial charge in [0.05, 0.1) is 18.8 Å². The predicted molar refractivity (Wildman–Crippen MR) is 98.7 cm³/mol. The van der Waals surface area contributed by atoms with Crippen LogP contribution >= 0.6 is 0 Å². The molecule has 0 saturated carbocycles. The molecule has 3 aromatic rings. The summed E-state index contributed by atoms with van der Waals surface area (Å²) in [5.41, 5.74) is 2.65. The van der Waals surface area contributed by atoms with E-state index in [1.54, 1.807) is 25.6 Å². The number of hydrogen-bond donors (Lipinski definition) is 2. The molecule has 0 bridgehead atoms. The second-order valence-electron chi connectivity index (χ2n) is 5.63. The van der Waals surface area contributed by atoms with E-state index in [4.69, 9.17) is 4.74 Å². The quantitative estimate of drug-likeness (QED) is 0.718. The molecule has 6 heteroatoms. The molecule has 0 aliphatic rings. The maximum Gasteiger partial charge on any atom is 0.315 e. The third-order valence-electron chi connectivity index (χ3n) is 3.85. The van der Waals surface area contributed by atoms with Gasteiger partial charge in [0.2, 0.25) is 5.88 Å². The van der Waals surface area contributed by atoms with E-state index in [-0.39, 0.29) is 12.1 Å². The van der Waals surface area contributed by atoms with Gasteiger partial charge in [0.25, 0.3) is 0 Å². The van der Waals surface area contributed by atoms with Crippen LogP contribution in [0.1, 0.15) is 22.9 Å². The molecule has 6 nitrogen and oxygen atoms in total. The van der Waals surface area contributed by atoms with Crippen molar-refractivity contribution in [3.8, 4) is 5.88 Å². The van der Waals surface area contributed by atoms with Gasteiger partial charge in [-0.15, -0.1) is 0 Å². The zero-order valence-electron chi connectivity index (χ0n) is 14.4. The van der Waals surface area contributed by atoms with E-state index >= 15 is 0 Å². The number of carbonyl (C=O) groups excluding carboxylic acids is 1. The highest BCUT2D eigenvalue weighted by Crippen LogP contribution is 2.19. The minimum absolute atomic E-state index is 0.278. The Morgan fingerprint density at radius 1 is 1.04 bits per heavy atom. The lowest BCUT2D eigenvalue weighted by Gasteiger charge is -2.19. The van der Waals surface area contributed by atoms with Crippen molar-refractivity contribution >= 4 is 6.03 Å². The number of urea groups is 1. The topological polar surface area (TPSA) is 76.1 Å². The highest BCUT2D eigenvalue weighted by molar-refractivity contribution is 5.75. The molecule has 0 spiro atoms. The van der Waals surface area contributed by atoms with Crippen LogP contribution in [0.3, 0.4) is 0 Å². The number of pyridine rings is 2. The summed E-state index contributed by atoms with van der Waals surface area (Å²) in [5.74, 6) is 0.514. The molecular weight excluding hydrogens is 328 g/mol. The van der Waals surface area contributed by atoms with Crippen LogP contribution in [0.25, 0.3) is 0 Å². The molecule has 1 aromatic carbocycles. The summed E-state index contributed by atoms with van der Waals surface area (Å²) in [7, 11) is 1.56. The Morgan fingerprint density at radius 3 is 2.58 bits per heavy atom. The molecular formula is C20H20N4O2. The fraction of sp³-hybridized carbons (Fsp3) is 0.150. The SMILES string of the molecule is COc1cc(CNC(=O)NC(c2ccccc2)c2ccccn2)ccn1. The minimum Gasteiger partial charge on any atom is -0.481 e. The molecule has 0 fully saturated rings. The van der Waals surface area contributed by atoms with Gasteiger partial charge in [0, 0.05) is 25.0 Å². The maximum absolute atomic E-state index is 12.4. The summed E-state index contributed by atoms with van der Waals surface area (Å²) in [6.07, 6.45) is 3.36. The molecule has 0 radical (unpaired) electrons. The molecule has 3 rings (SSSR count). The first-order chi connectivity index (χ1) is 12.8. The van der Waals surface area contributed by atoms with Crippen LogP contribution in [0, 0.1) is 0 Å². The van der Waals surface area contributed by atoms with Crippen molar-refractivity contribution in [1.29, 1.82) is 0 Å².